The molecule has 0 aliphatic heterocycles. The molecule has 0 aliphatic carbocycles. The van der Waals surface area contributed by atoms with Gasteiger partial charge in [-0.1, -0.05) is 0 Å². The van der Waals surface area contributed by atoms with E-state index in [-0.39, 0.29) is 11.7 Å². The first kappa shape index (κ1) is 20.1. The fourth-order valence-corrected chi connectivity index (χ4v) is 2.46. The minimum atomic E-state index is -0.137. The van der Waals surface area contributed by atoms with Crippen molar-refractivity contribution in [3.05, 3.63) is 42.0 Å². The van der Waals surface area contributed by atoms with Crippen molar-refractivity contribution in [3.8, 4) is 17.2 Å². The molecule has 2 aromatic carbocycles. The number of carbonyl (C=O) groups excluding carboxylic acids is 2. The van der Waals surface area contributed by atoms with Crippen molar-refractivity contribution in [1.82, 2.24) is 0 Å². The average Bonchev–Trinajstić information content (AvgIpc) is 2.65. The maximum Gasteiger partial charge on any atom is 0.224 e. The Morgan fingerprint density at radius 2 is 1.70 bits per heavy atom. The van der Waals surface area contributed by atoms with E-state index in [4.69, 9.17) is 19.9 Å². The monoisotopic (exact) mass is 372 g/mol. The first-order valence-electron chi connectivity index (χ1n) is 8.49. The molecule has 27 heavy (non-hydrogen) atoms. The zero-order valence-corrected chi connectivity index (χ0v) is 15.7. The van der Waals surface area contributed by atoms with Gasteiger partial charge in [0.2, 0.25) is 5.91 Å². The topological polar surface area (TPSA) is 99.9 Å². The summed E-state index contributed by atoms with van der Waals surface area (Å²) in [6.45, 7) is 1.83. The number of hydrogen-bond acceptors (Lipinski definition) is 6. The largest absolute Gasteiger partial charge is 0.495 e. The third kappa shape index (κ3) is 5.64. The van der Waals surface area contributed by atoms with Gasteiger partial charge < -0.3 is 25.3 Å². The summed E-state index contributed by atoms with van der Waals surface area (Å²) in [5, 5.41) is 2.78. The molecule has 3 N–H and O–H groups in total. The van der Waals surface area contributed by atoms with Crippen LogP contribution in [0, 0.1) is 0 Å². The number of nitrogens with one attached hydrogen (secondary N) is 1. The molecule has 0 saturated carbocycles. The minimum absolute atomic E-state index is 0.0457. The summed E-state index contributed by atoms with van der Waals surface area (Å²) in [4.78, 5) is 23.4. The number of amides is 1. The van der Waals surface area contributed by atoms with Crippen LogP contribution in [0.25, 0.3) is 0 Å². The molecule has 2 rings (SSSR count). The van der Waals surface area contributed by atoms with Gasteiger partial charge in [-0.2, -0.15) is 0 Å². The van der Waals surface area contributed by atoms with Gasteiger partial charge in [0.05, 0.1) is 26.5 Å². The maximum absolute atomic E-state index is 12.0. The van der Waals surface area contributed by atoms with Crippen LogP contribution in [0.4, 0.5) is 11.4 Å². The number of benzene rings is 2. The summed E-state index contributed by atoms with van der Waals surface area (Å²) < 4.78 is 16.0. The van der Waals surface area contributed by atoms with E-state index in [9.17, 15) is 9.59 Å². The highest BCUT2D eigenvalue weighted by Crippen LogP contribution is 2.28. The van der Waals surface area contributed by atoms with E-state index >= 15 is 0 Å². The lowest BCUT2D eigenvalue weighted by molar-refractivity contribution is -0.116. The van der Waals surface area contributed by atoms with Crippen LogP contribution >= 0.6 is 0 Å². The first-order chi connectivity index (χ1) is 12.9. The minimum Gasteiger partial charge on any atom is -0.495 e. The molecule has 144 valence electrons. The number of ether oxygens (including phenoxy) is 3. The summed E-state index contributed by atoms with van der Waals surface area (Å²) >= 11 is 0. The van der Waals surface area contributed by atoms with Gasteiger partial charge in [0.1, 0.15) is 5.75 Å². The van der Waals surface area contributed by atoms with E-state index in [2.05, 4.69) is 5.32 Å². The highest BCUT2D eigenvalue weighted by molar-refractivity contribution is 5.94. The summed E-state index contributed by atoms with van der Waals surface area (Å²) in [7, 11) is 3.05. The average molecular weight is 372 g/mol. The molecule has 0 radical (unpaired) electrons. The first-order valence-corrected chi connectivity index (χ1v) is 8.49. The predicted octanol–water partition coefficient (Wildman–Crippen LogP) is 3.29. The van der Waals surface area contributed by atoms with Gasteiger partial charge in [-0.15, -0.1) is 0 Å². The molecule has 0 fully saturated rings. The predicted molar refractivity (Wildman–Crippen MR) is 104 cm³/mol. The van der Waals surface area contributed by atoms with Gasteiger partial charge in [0, 0.05) is 17.7 Å². The molecule has 0 aliphatic rings. The molecule has 0 heterocycles. The summed E-state index contributed by atoms with van der Waals surface area (Å²) in [5.74, 6) is 1.40. The summed E-state index contributed by atoms with van der Waals surface area (Å²) in [6.07, 6.45) is 0.814. The number of rotatable bonds is 9. The quantitative estimate of drug-likeness (QED) is 0.398. The lowest BCUT2D eigenvalue weighted by Crippen LogP contribution is -2.13. The van der Waals surface area contributed by atoms with Gasteiger partial charge in [-0.25, -0.2) is 0 Å². The lowest BCUT2D eigenvalue weighted by atomic mass is 10.1. The van der Waals surface area contributed by atoms with Crippen molar-refractivity contribution in [1.29, 1.82) is 0 Å². The molecule has 7 nitrogen and oxygen atoms in total. The molecule has 0 saturated heterocycles. The second-order valence-corrected chi connectivity index (χ2v) is 5.88. The second-order valence-electron chi connectivity index (χ2n) is 5.88. The van der Waals surface area contributed by atoms with Crippen LogP contribution in [-0.2, 0) is 4.79 Å². The van der Waals surface area contributed by atoms with Crippen molar-refractivity contribution >= 4 is 23.1 Å². The van der Waals surface area contributed by atoms with Crippen molar-refractivity contribution < 1.29 is 23.8 Å². The van der Waals surface area contributed by atoms with E-state index in [0.29, 0.717) is 53.6 Å². The van der Waals surface area contributed by atoms with Crippen molar-refractivity contribution in [2.24, 2.45) is 0 Å². The van der Waals surface area contributed by atoms with Crippen LogP contribution in [0.5, 0.6) is 17.2 Å². The molecule has 7 heteroatoms. The van der Waals surface area contributed by atoms with Gasteiger partial charge in [-0.05, 0) is 49.7 Å². The van der Waals surface area contributed by atoms with Crippen LogP contribution < -0.4 is 25.3 Å². The Kier molecular flexibility index (Phi) is 7.05. The summed E-state index contributed by atoms with van der Waals surface area (Å²) in [6, 6.07) is 10.1. The van der Waals surface area contributed by atoms with E-state index < -0.39 is 0 Å². The van der Waals surface area contributed by atoms with Crippen LogP contribution in [0.15, 0.2) is 36.4 Å². The second kappa shape index (κ2) is 9.47. The highest BCUT2D eigenvalue weighted by Gasteiger charge is 2.09. The van der Waals surface area contributed by atoms with Gasteiger partial charge in [0.15, 0.2) is 17.3 Å². The van der Waals surface area contributed by atoms with E-state index in [1.54, 1.807) is 36.4 Å². The molecule has 0 bridgehead atoms. The van der Waals surface area contributed by atoms with Crippen molar-refractivity contribution in [2.75, 3.05) is 31.9 Å². The van der Waals surface area contributed by atoms with Gasteiger partial charge in [-0.3, -0.25) is 9.59 Å². The van der Waals surface area contributed by atoms with Gasteiger partial charge in [0.25, 0.3) is 0 Å². The number of nitrogen functional groups attached to an aromatic ring is 1. The third-order valence-electron chi connectivity index (χ3n) is 3.89. The molecule has 1 amide bonds. The van der Waals surface area contributed by atoms with Crippen LogP contribution in [-0.4, -0.2) is 32.5 Å². The zero-order chi connectivity index (χ0) is 19.8. The summed E-state index contributed by atoms with van der Waals surface area (Å²) in [5.41, 5.74) is 7.44. The Hall–Kier alpha value is -3.22. The number of hydrogen-bond donors (Lipinski definition) is 2. The fourth-order valence-electron chi connectivity index (χ4n) is 2.46. The fraction of sp³-hybridized carbons (Fsp3) is 0.300. The number of nitrogens with two attached hydrogens (primary N) is 1. The van der Waals surface area contributed by atoms with Crippen molar-refractivity contribution in [3.63, 3.8) is 0 Å². The zero-order valence-electron chi connectivity index (χ0n) is 15.7. The Balaban J connectivity index is 1.82. The molecular weight excluding hydrogens is 348 g/mol. The number of ketones is 1. The number of anilines is 2. The third-order valence-corrected chi connectivity index (χ3v) is 3.89. The van der Waals surface area contributed by atoms with E-state index in [1.807, 2.05) is 0 Å². The molecule has 2 aromatic rings. The highest BCUT2D eigenvalue weighted by atomic mass is 16.5. The Bertz CT molecular complexity index is 820. The van der Waals surface area contributed by atoms with E-state index in [0.717, 1.165) is 0 Å². The number of Topliss-reactive ketones (excluding diaryl/α,β-unsaturated/α-hetero) is 1. The van der Waals surface area contributed by atoms with Crippen LogP contribution in [0.1, 0.15) is 30.1 Å². The molecule has 0 unspecified atom stereocenters. The SMILES string of the molecule is COc1ccc(NC(=O)CCCOc2ccc(C(C)=O)cc2OC)cc1N. The molecule has 0 atom stereocenters. The standard InChI is InChI=1S/C20H24N2O5/c1-13(23)14-6-8-18(19(11-14)26-3)27-10-4-5-20(24)22-15-7-9-17(25-2)16(21)12-15/h6-9,11-12H,4-5,10,21H2,1-3H3,(H,22,24). The Labute approximate surface area is 158 Å². The van der Waals surface area contributed by atoms with Crippen LogP contribution in [0.2, 0.25) is 0 Å². The van der Waals surface area contributed by atoms with Gasteiger partial charge >= 0.3 is 0 Å². The van der Waals surface area contributed by atoms with Crippen molar-refractivity contribution in [2.45, 2.75) is 19.8 Å². The van der Waals surface area contributed by atoms with E-state index in [1.165, 1.54) is 21.1 Å². The molecule has 0 spiro atoms. The van der Waals surface area contributed by atoms with Crippen LogP contribution in [0.3, 0.4) is 0 Å². The smallest absolute Gasteiger partial charge is 0.224 e. The normalized spacial score (nSPS) is 10.2. The molecular formula is C20H24N2O5. The molecule has 0 aromatic heterocycles. The number of carbonyl (C=O) groups is 2. The Morgan fingerprint density at radius 1 is 1.00 bits per heavy atom. The lowest BCUT2D eigenvalue weighted by Gasteiger charge is -2.12. The maximum atomic E-state index is 12.0. The number of methoxy groups -OCH3 is 2. The Morgan fingerprint density at radius 3 is 2.33 bits per heavy atom.